The van der Waals surface area contributed by atoms with Gasteiger partial charge >= 0.3 is 0 Å². The average molecular weight is 388 g/mol. The maximum absolute atomic E-state index is 13.9. The molecule has 0 amide bonds. The smallest absolute Gasteiger partial charge is 0.260 e. The Balaban J connectivity index is 1.78. The second-order valence-corrected chi connectivity index (χ2v) is 7.23. The molecular weight excluding hydrogens is 366 g/mol. The van der Waals surface area contributed by atoms with Gasteiger partial charge in [-0.3, -0.25) is 4.79 Å². The standard InChI is InChI=1S/C20H22F2N4O2/c1-4-12-8-14(11(3)23-18(12)27)17-24-19(28-25-17)15-10-26(5-2)16-9-20(21,22)7-6-13(15)16/h8,10H,4-7,9H2,1-3H3,(H,23,27). The van der Waals surface area contributed by atoms with E-state index in [9.17, 15) is 13.6 Å². The van der Waals surface area contributed by atoms with Gasteiger partial charge in [0.05, 0.1) is 12.0 Å². The van der Waals surface area contributed by atoms with Gasteiger partial charge in [-0.15, -0.1) is 0 Å². The number of nitrogens with one attached hydrogen (secondary N) is 1. The van der Waals surface area contributed by atoms with E-state index in [-0.39, 0.29) is 24.8 Å². The molecule has 0 saturated heterocycles. The summed E-state index contributed by atoms with van der Waals surface area (Å²) in [6.45, 7) is 6.20. The summed E-state index contributed by atoms with van der Waals surface area (Å²) in [5.41, 5.74) is 4.08. The second-order valence-electron chi connectivity index (χ2n) is 7.23. The Bertz CT molecular complexity index is 1090. The summed E-state index contributed by atoms with van der Waals surface area (Å²) in [6.07, 6.45) is 2.24. The van der Waals surface area contributed by atoms with Crippen molar-refractivity contribution in [3.63, 3.8) is 0 Å². The van der Waals surface area contributed by atoms with Crippen LogP contribution in [0.5, 0.6) is 0 Å². The maximum Gasteiger partial charge on any atom is 0.260 e. The predicted molar refractivity (Wildman–Crippen MR) is 101 cm³/mol. The van der Waals surface area contributed by atoms with E-state index < -0.39 is 5.92 Å². The number of hydrogen-bond acceptors (Lipinski definition) is 4. The van der Waals surface area contributed by atoms with Gasteiger partial charge < -0.3 is 14.1 Å². The molecule has 1 aliphatic carbocycles. The van der Waals surface area contributed by atoms with Crippen molar-refractivity contribution in [2.45, 2.75) is 58.9 Å². The molecule has 3 heterocycles. The fourth-order valence-corrected chi connectivity index (χ4v) is 3.84. The predicted octanol–water partition coefficient (Wildman–Crippen LogP) is 3.91. The third kappa shape index (κ3) is 3.06. The summed E-state index contributed by atoms with van der Waals surface area (Å²) < 4.78 is 35.1. The normalized spacial score (nSPS) is 15.6. The number of aromatic amines is 1. The Hall–Kier alpha value is -2.77. The van der Waals surface area contributed by atoms with Crippen molar-refractivity contribution in [1.29, 1.82) is 0 Å². The van der Waals surface area contributed by atoms with E-state index in [1.165, 1.54) is 0 Å². The van der Waals surface area contributed by atoms with Gasteiger partial charge in [0, 0.05) is 41.7 Å². The molecule has 1 aliphatic rings. The van der Waals surface area contributed by atoms with Gasteiger partial charge in [-0.1, -0.05) is 12.1 Å². The highest BCUT2D eigenvalue weighted by atomic mass is 19.3. The molecule has 4 rings (SSSR count). The van der Waals surface area contributed by atoms with Gasteiger partial charge in [-0.2, -0.15) is 4.98 Å². The van der Waals surface area contributed by atoms with E-state index in [1.807, 2.05) is 24.6 Å². The van der Waals surface area contributed by atoms with Crippen LogP contribution in [0.3, 0.4) is 0 Å². The van der Waals surface area contributed by atoms with Gasteiger partial charge in [0.25, 0.3) is 17.4 Å². The lowest BCUT2D eigenvalue weighted by Gasteiger charge is -2.23. The Kier molecular flexibility index (Phi) is 4.44. The van der Waals surface area contributed by atoms with E-state index in [0.717, 1.165) is 5.56 Å². The molecule has 0 radical (unpaired) electrons. The molecule has 0 fully saturated rings. The first-order valence-corrected chi connectivity index (χ1v) is 9.49. The molecule has 0 aromatic carbocycles. The zero-order chi connectivity index (χ0) is 20.1. The van der Waals surface area contributed by atoms with Crippen LogP contribution in [0.4, 0.5) is 8.78 Å². The number of nitrogens with zero attached hydrogens (tertiary/aromatic N) is 3. The first kappa shape index (κ1) is 18.6. The summed E-state index contributed by atoms with van der Waals surface area (Å²) in [6, 6.07) is 1.77. The molecule has 0 atom stereocenters. The minimum atomic E-state index is -2.68. The lowest BCUT2D eigenvalue weighted by atomic mass is 9.92. The molecule has 0 saturated carbocycles. The molecule has 6 nitrogen and oxygen atoms in total. The lowest BCUT2D eigenvalue weighted by Crippen LogP contribution is -2.27. The van der Waals surface area contributed by atoms with E-state index in [0.29, 0.717) is 52.8 Å². The fraction of sp³-hybridized carbons (Fsp3) is 0.450. The van der Waals surface area contributed by atoms with Crippen LogP contribution in [0, 0.1) is 6.92 Å². The van der Waals surface area contributed by atoms with Crippen molar-refractivity contribution in [3.8, 4) is 22.8 Å². The van der Waals surface area contributed by atoms with Crippen LogP contribution in [0.15, 0.2) is 21.6 Å². The number of rotatable bonds is 4. The summed E-state index contributed by atoms with van der Waals surface area (Å²) in [5, 5.41) is 4.08. The van der Waals surface area contributed by atoms with Crippen molar-refractivity contribution in [3.05, 3.63) is 45.1 Å². The summed E-state index contributed by atoms with van der Waals surface area (Å²) >= 11 is 0. The van der Waals surface area contributed by atoms with Gasteiger partial charge in [0.2, 0.25) is 5.82 Å². The van der Waals surface area contributed by atoms with E-state index in [1.54, 1.807) is 13.0 Å². The van der Waals surface area contributed by atoms with Crippen LogP contribution in [0.2, 0.25) is 0 Å². The minimum Gasteiger partial charge on any atom is -0.350 e. The van der Waals surface area contributed by atoms with Crippen LogP contribution < -0.4 is 5.56 Å². The average Bonchev–Trinajstić information content (AvgIpc) is 3.25. The van der Waals surface area contributed by atoms with Gasteiger partial charge in [0.15, 0.2) is 0 Å². The van der Waals surface area contributed by atoms with Crippen LogP contribution in [-0.2, 0) is 25.8 Å². The van der Waals surface area contributed by atoms with Crippen LogP contribution >= 0.6 is 0 Å². The van der Waals surface area contributed by atoms with Crippen LogP contribution in [0.25, 0.3) is 22.8 Å². The Morgan fingerprint density at radius 3 is 2.82 bits per heavy atom. The number of aromatic nitrogens is 4. The van der Waals surface area contributed by atoms with E-state index in [4.69, 9.17) is 4.52 Å². The molecule has 0 unspecified atom stereocenters. The maximum atomic E-state index is 13.9. The van der Waals surface area contributed by atoms with Crippen molar-refractivity contribution in [2.24, 2.45) is 0 Å². The number of aryl methyl sites for hydroxylation is 3. The summed E-state index contributed by atoms with van der Waals surface area (Å²) in [5.74, 6) is -2.00. The number of fused-ring (bicyclic) bond motifs is 1. The van der Waals surface area contributed by atoms with E-state index in [2.05, 4.69) is 15.1 Å². The summed E-state index contributed by atoms with van der Waals surface area (Å²) in [7, 11) is 0. The quantitative estimate of drug-likeness (QED) is 0.735. The Morgan fingerprint density at radius 2 is 2.11 bits per heavy atom. The highest BCUT2D eigenvalue weighted by molar-refractivity contribution is 5.65. The highest BCUT2D eigenvalue weighted by Crippen LogP contribution is 2.39. The fourth-order valence-electron chi connectivity index (χ4n) is 3.84. The highest BCUT2D eigenvalue weighted by Gasteiger charge is 2.38. The van der Waals surface area contributed by atoms with Gasteiger partial charge in [0.1, 0.15) is 0 Å². The number of hydrogen-bond donors (Lipinski definition) is 1. The number of halogens is 2. The van der Waals surface area contributed by atoms with Gasteiger partial charge in [-0.05, 0) is 38.3 Å². The molecule has 1 N–H and O–H groups in total. The number of pyridine rings is 1. The third-order valence-corrected chi connectivity index (χ3v) is 5.41. The molecule has 3 aromatic heterocycles. The Labute approximate surface area is 160 Å². The molecule has 0 bridgehead atoms. The second kappa shape index (κ2) is 6.68. The van der Waals surface area contributed by atoms with Crippen LogP contribution in [-0.4, -0.2) is 25.6 Å². The van der Waals surface area contributed by atoms with Crippen molar-refractivity contribution >= 4 is 0 Å². The molecule has 3 aromatic rings. The largest absolute Gasteiger partial charge is 0.350 e. The third-order valence-electron chi connectivity index (χ3n) is 5.41. The molecule has 148 valence electrons. The van der Waals surface area contributed by atoms with Gasteiger partial charge in [-0.25, -0.2) is 8.78 Å². The SMILES string of the molecule is CCc1cc(-c2noc(-c3cn(CC)c4c3CCC(F)(F)C4)n2)c(C)[nH]c1=O. The molecule has 8 heteroatoms. The summed E-state index contributed by atoms with van der Waals surface area (Å²) in [4.78, 5) is 19.3. The number of H-pyrrole nitrogens is 1. The monoisotopic (exact) mass is 388 g/mol. The van der Waals surface area contributed by atoms with E-state index >= 15 is 0 Å². The molecule has 0 aliphatic heterocycles. The molecular formula is C20H22F2N4O2. The first-order valence-electron chi connectivity index (χ1n) is 9.49. The van der Waals surface area contributed by atoms with Crippen molar-refractivity contribution in [1.82, 2.24) is 19.7 Å². The molecule has 28 heavy (non-hydrogen) atoms. The Morgan fingerprint density at radius 1 is 1.32 bits per heavy atom. The zero-order valence-corrected chi connectivity index (χ0v) is 16.1. The lowest BCUT2D eigenvalue weighted by molar-refractivity contribution is -0.0139. The van der Waals surface area contributed by atoms with Crippen LogP contribution in [0.1, 0.15) is 42.8 Å². The zero-order valence-electron chi connectivity index (χ0n) is 16.1. The topological polar surface area (TPSA) is 76.7 Å². The van der Waals surface area contributed by atoms with Crippen molar-refractivity contribution in [2.75, 3.05) is 0 Å². The van der Waals surface area contributed by atoms with Crippen molar-refractivity contribution < 1.29 is 13.3 Å². The minimum absolute atomic E-state index is 0.123. The molecule has 0 spiro atoms. The first-order chi connectivity index (χ1) is 13.3. The number of alkyl halides is 2.